The Morgan fingerprint density at radius 2 is 1.54 bits per heavy atom. The highest BCUT2D eigenvalue weighted by Gasteiger charge is 2.20. The summed E-state index contributed by atoms with van der Waals surface area (Å²) in [6.45, 7) is 0. The van der Waals surface area contributed by atoms with E-state index in [9.17, 15) is 9.59 Å². The van der Waals surface area contributed by atoms with Crippen LogP contribution in [0.4, 0.5) is 4.79 Å². The highest BCUT2D eigenvalue weighted by atomic mass is 17.5. The molecular weight excluding hydrogens is 336 g/mol. The lowest BCUT2D eigenvalue weighted by Gasteiger charge is -2.20. The molecule has 1 aliphatic carbocycles. The zero-order valence-electron chi connectivity index (χ0n) is 14.3. The summed E-state index contributed by atoms with van der Waals surface area (Å²) in [5.41, 5.74) is 2.10. The van der Waals surface area contributed by atoms with Crippen molar-refractivity contribution >= 4 is 12.1 Å². The molecule has 0 spiro atoms. The minimum Gasteiger partial charge on any atom is -0.429 e. The minimum absolute atomic E-state index is 0.168. The van der Waals surface area contributed by atoms with Gasteiger partial charge in [-0.1, -0.05) is 48.9 Å². The molecule has 1 fully saturated rings. The van der Waals surface area contributed by atoms with E-state index in [4.69, 9.17) is 4.74 Å². The van der Waals surface area contributed by atoms with Crippen molar-refractivity contribution in [1.29, 1.82) is 0 Å². The summed E-state index contributed by atoms with van der Waals surface area (Å²) in [6, 6.07) is 16.5. The van der Waals surface area contributed by atoms with Gasteiger partial charge in [0.2, 0.25) is 0 Å². The van der Waals surface area contributed by atoms with Gasteiger partial charge in [-0.25, -0.2) is 14.5 Å². The van der Waals surface area contributed by atoms with Gasteiger partial charge in [0.1, 0.15) is 6.10 Å². The van der Waals surface area contributed by atoms with E-state index in [0.717, 1.165) is 43.2 Å². The molecule has 1 saturated carbocycles. The second-order valence-corrected chi connectivity index (χ2v) is 6.10. The summed E-state index contributed by atoms with van der Waals surface area (Å²) in [5.74, 6) is -0.770. The van der Waals surface area contributed by atoms with Crippen molar-refractivity contribution in [3.63, 3.8) is 0 Å². The lowest BCUT2D eigenvalue weighted by Crippen LogP contribution is -2.22. The molecule has 0 atom stereocenters. The van der Waals surface area contributed by atoms with Crippen LogP contribution in [0.15, 0.2) is 54.6 Å². The second kappa shape index (κ2) is 9.01. The van der Waals surface area contributed by atoms with Crippen molar-refractivity contribution in [3.05, 3.63) is 60.2 Å². The van der Waals surface area contributed by atoms with E-state index < -0.39 is 12.1 Å². The van der Waals surface area contributed by atoms with E-state index in [1.54, 1.807) is 18.2 Å². The molecule has 0 unspecified atom stereocenters. The van der Waals surface area contributed by atoms with Gasteiger partial charge in [-0.15, -0.1) is 0 Å². The molecule has 0 radical (unpaired) electrons. The van der Waals surface area contributed by atoms with Crippen molar-refractivity contribution in [2.45, 2.75) is 38.2 Å². The first-order valence-corrected chi connectivity index (χ1v) is 8.64. The maximum atomic E-state index is 12.0. The SMILES string of the molecule is O=C(OOOC(=O)c1cccc(-c2ccccc2)c1)OC1CCCCC1. The molecule has 1 aliphatic rings. The Labute approximate surface area is 151 Å². The van der Waals surface area contributed by atoms with Crippen LogP contribution in [0.5, 0.6) is 0 Å². The number of hydrogen-bond acceptors (Lipinski definition) is 6. The summed E-state index contributed by atoms with van der Waals surface area (Å²) < 4.78 is 5.08. The summed E-state index contributed by atoms with van der Waals surface area (Å²) in [5, 5.41) is 4.27. The maximum Gasteiger partial charge on any atom is 0.543 e. The topological polar surface area (TPSA) is 71.1 Å². The molecule has 0 amide bonds. The molecule has 0 aromatic heterocycles. The van der Waals surface area contributed by atoms with Gasteiger partial charge in [0.25, 0.3) is 0 Å². The second-order valence-electron chi connectivity index (χ2n) is 6.10. The number of hydrogen-bond donors (Lipinski definition) is 0. The summed E-state index contributed by atoms with van der Waals surface area (Å²) >= 11 is 0. The van der Waals surface area contributed by atoms with Gasteiger partial charge in [-0.3, -0.25) is 4.89 Å². The normalized spacial score (nSPS) is 14.5. The molecule has 136 valence electrons. The fourth-order valence-electron chi connectivity index (χ4n) is 2.92. The molecule has 26 heavy (non-hydrogen) atoms. The molecule has 0 heterocycles. The van der Waals surface area contributed by atoms with Gasteiger partial charge in [-0.05, 0) is 48.9 Å². The van der Waals surface area contributed by atoms with Crippen LogP contribution < -0.4 is 0 Å². The standard InChI is InChI=1S/C20H20O6/c21-19(24-26-25-20(22)23-18-12-5-2-6-13-18)17-11-7-10-16(14-17)15-8-3-1-4-9-15/h1,3-4,7-11,14,18H,2,5-6,12-13H2. The number of rotatable bonds is 5. The molecule has 2 aromatic rings. The monoisotopic (exact) mass is 356 g/mol. The van der Waals surface area contributed by atoms with E-state index in [-0.39, 0.29) is 11.7 Å². The summed E-state index contributed by atoms with van der Waals surface area (Å²) in [6.07, 6.45) is 3.62. The van der Waals surface area contributed by atoms with E-state index >= 15 is 0 Å². The third kappa shape index (κ3) is 5.07. The molecule has 6 heteroatoms. The number of carbonyl (C=O) groups is 2. The Kier molecular flexibility index (Phi) is 6.22. The van der Waals surface area contributed by atoms with Gasteiger partial charge < -0.3 is 4.74 Å². The van der Waals surface area contributed by atoms with E-state index in [0.29, 0.717) is 0 Å². The van der Waals surface area contributed by atoms with E-state index in [2.05, 4.69) is 14.8 Å². The molecule has 0 saturated heterocycles. The van der Waals surface area contributed by atoms with Gasteiger partial charge >= 0.3 is 12.1 Å². The lowest BCUT2D eigenvalue weighted by molar-refractivity contribution is -0.453. The number of ether oxygens (including phenoxy) is 1. The smallest absolute Gasteiger partial charge is 0.429 e. The first-order chi connectivity index (χ1) is 12.7. The molecule has 6 nitrogen and oxygen atoms in total. The van der Waals surface area contributed by atoms with Gasteiger partial charge in [-0.2, -0.15) is 0 Å². The Morgan fingerprint density at radius 3 is 2.31 bits per heavy atom. The van der Waals surface area contributed by atoms with E-state index in [1.165, 1.54) is 0 Å². The highest BCUT2D eigenvalue weighted by molar-refractivity contribution is 5.90. The molecule has 0 N–H and O–H groups in total. The average Bonchev–Trinajstić information content (AvgIpc) is 2.69. The van der Waals surface area contributed by atoms with Crippen molar-refractivity contribution in [1.82, 2.24) is 0 Å². The predicted molar refractivity (Wildman–Crippen MR) is 92.8 cm³/mol. The molecule has 0 aliphatic heterocycles. The van der Waals surface area contributed by atoms with Crippen LogP contribution in [-0.4, -0.2) is 18.2 Å². The van der Waals surface area contributed by atoms with Crippen molar-refractivity contribution in [2.75, 3.05) is 0 Å². The largest absolute Gasteiger partial charge is 0.543 e. The third-order valence-electron chi connectivity index (χ3n) is 4.23. The Bertz CT molecular complexity index is 737. The van der Waals surface area contributed by atoms with Crippen molar-refractivity contribution < 1.29 is 29.1 Å². The molecular formula is C20H20O6. The van der Waals surface area contributed by atoms with Crippen LogP contribution in [0, 0.1) is 0 Å². The van der Waals surface area contributed by atoms with Gasteiger partial charge in [0.05, 0.1) is 10.6 Å². The van der Waals surface area contributed by atoms with Crippen LogP contribution >= 0.6 is 0 Å². The predicted octanol–water partition coefficient (Wildman–Crippen LogP) is 4.84. The van der Waals surface area contributed by atoms with Crippen LogP contribution in [0.25, 0.3) is 11.1 Å². The lowest BCUT2D eigenvalue weighted by atomic mass is 9.98. The zero-order valence-corrected chi connectivity index (χ0v) is 14.3. The fraction of sp³-hybridized carbons (Fsp3) is 0.300. The molecule has 2 aromatic carbocycles. The van der Waals surface area contributed by atoms with Gasteiger partial charge in [0.15, 0.2) is 0 Å². The summed E-state index contributed by atoms with van der Waals surface area (Å²) in [7, 11) is 0. The third-order valence-corrected chi connectivity index (χ3v) is 4.23. The zero-order chi connectivity index (χ0) is 18.2. The van der Waals surface area contributed by atoms with Gasteiger partial charge in [0, 0.05) is 0 Å². The van der Waals surface area contributed by atoms with E-state index in [1.807, 2.05) is 36.4 Å². The minimum atomic E-state index is -1.01. The Morgan fingerprint density at radius 1 is 0.808 bits per heavy atom. The average molecular weight is 356 g/mol. The van der Waals surface area contributed by atoms with Crippen LogP contribution in [0.2, 0.25) is 0 Å². The number of carbonyl (C=O) groups excluding carboxylic acids is 2. The van der Waals surface area contributed by atoms with Crippen LogP contribution in [0.3, 0.4) is 0 Å². The Balaban J connectivity index is 1.48. The van der Waals surface area contributed by atoms with Crippen molar-refractivity contribution in [3.8, 4) is 11.1 Å². The molecule has 0 bridgehead atoms. The first-order valence-electron chi connectivity index (χ1n) is 8.64. The highest BCUT2D eigenvalue weighted by Crippen LogP contribution is 2.21. The summed E-state index contributed by atoms with van der Waals surface area (Å²) in [4.78, 5) is 32.4. The first kappa shape index (κ1) is 17.9. The van der Waals surface area contributed by atoms with Crippen molar-refractivity contribution in [2.24, 2.45) is 0 Å². The Hall–Kier alpha value is -2.86. The quantitative estimate of drug-likeness (QED) is 0.433. The van der Waals surface area contributed by atoms with Crippen LogP contribution in [-0.2, 0) is 19.6 Å². The van der Waals surface area contributed by atoms with Crippen LogP contribution in [0.1, 0.15) is 42.5 Å². The fourth-order valence-corrected chi connectivity index (χ4v) is 2.92. The molecule has 3 rings (SSSR count). The number of benzene rings is 2. The maximum absolute atomic E-state index is 12.0.